The van der Waals surface area contributed by atoms with Crippen LogP contribution in [-0.2, 0) is 11.3 Å². The van der Waals surface area contributed by atoms with Crippen LogP contribution in [-0.4, -0.2) is 42.1 Å². The molecule has 140 valence electrons. The number of rotatable bonds is 7. The minimum Gasteiger partial charge on any atom is -0.356 e. The molecule has 0 atom stereocenters. The third-order valence-electron chi connectivity index (χ3n) is 3.52. The standard InChI is InChI=1S/C18H31N5O2/c1-14-9-8-10-16(25)23(14)12-7-6-11-20-17(19-5)21-13-15(24)22-18(2,3)4/h8-10H,6-7,11-13H2,1-5H3,(H,22,24)(H2,19,20,21). The van der Waals surface area contributed by atoms with Crippen molar-refractivity contribution in [3.05, 3.63) is 34.2 Å². The molecule has 7 heteroatoms. The van der Waals surface area contributed by atoms with Crippen LogP contribution in [0.1, 0.15) is 39.3 Å². The molecule has 3 N–H and O–H groups in total. The number of hydrogen-bond donors (Lipinski definition) is 3. The molecule has 0 radical (unpaired) electrons. The van der Waals surface area contributed by atoms with Crippen molar-refractivity contribution in [2.45, 2.75) is 52.6 Å². The first kappa shape index (κ1) is 20.7. The van der Waals surface area contributed by atoms with Crippen molar-refractivity contribution in [2.75, 3.05) is 20.1 Å². The third kappa shape index (κ3) is 8.37. The average molecular weight is 349 g/mol. The summed E-state index contributed by atoms with van der Waals surface area (Å²) < 4.78 is 1.78. The van der Waals surface area contributed by atoms with Gasteiger partial charge in [-0.15, -0.1) is 0 Å². The summed E-state index contributed by atoms with van der Waals surface area (Å²) in [5.41, 5.74) is 0.765. The summed E-state index contributed by atoms with van der Waals surface area (Å²) >= 11 is 0. The molecule has 0 saturated carbocycles. The third-order valence-corrected chi connectivity index (χ3v) is 3.52. The van der Waals surface area contributed by atoms with Gasteiger partial charge in [-0.2, -0.15) is 0 Å². The Kier molecular flexibility index (Phi) is 8.18. The molecule has 0 fully saturated rings. The van der Waals surface area contributed by atoms with Crippen LogP contribution >= 0.6 is 0 Å². The predicted molar refractivity (Wildman–Crippen MR) is 102 cm³/mol. The Bertz CT molecular complexity index is 644. The Morgan fingerprint density at radius 1 is 1.20 bits per heavy atom. The van der Waals surface area contributed by atoms with Gasteiger partial charge in [-0.1, -0.05) is 6.07 Å². The van der Waals surface area contributed by atoms with Crippen LogP contribution in [0.2, 0.25) is 0 Å². The number of carbonyl (C=O) groups is 1. The van der Waals surface area contributed by atoms with Gasteiger partial charge in [0.25, 0.3) is 5.56 Å². The lowest BCUT2D eigenvalue weighted by atomic mass is 10.1. The molecule has 25 heavy (non-hydrogen) atoms. The number of amides is 1. The SMILES string of the molecule is CN=C(NCCCCn1c(C)cccc1=O)NCC(=O)NC(C)(C)C. The van der Waals surface area contributed by atoms with E-state index in [9.17, 15) is 9.59 Å². The first-order valence-corrected chi connectivity index (χ1v) is 8.65. The second-order valence-electron chi connectivity index (χ2n) is 7.01. The number of carbonyl (C=O) groups excluding carboxylic acids is 1. The Morgan fingerprint density at radius 3 is 2.52 bits per heavy atom. The largest absolute Gasteiger partial charge is 0.356 e. The summed E-state index contributed by atoms with van der Waals surface area (Å²) in [6.07, 6.45) is 1.79. The molecule has 1 aromatic rings. The molecule has 0 aliphatic rings. The number of nitrogens with zero attached hydrogens (tertiary/aromatic N) is 2. The van der Waals surface area contributed by atoms with Crippen molar-refractivity contribution in [3.8, 4) is 0 Å². The minimum atomic E-state index is -0.247. The summed E-state index contributed by atoms with van der Waals surface area (Å²) in [7, 11) is 1.67. The lowest BCUT2D eigenvalue weighted by Crippen LogP contribution is -2.48. The van der Waals surface area contributed by atoms with Gasteiger partial charge in [-0.05, 0) is 46.6 Å². The highest BCUT2D eigenvalue weighted by Gasteiger charge is 2.13. The van der Waals surface area contributed by atoms with Crippen LogP contribution < -0.4 is 21.5 Å². The highest BCUT2D eigenvalue weighted by molar-refractivity contribution is 5.86. The van der Waals surface area contributed by atoms with Gasteiger partial charge in [-0.3, -0.25) is 14.6 Å². The van der Waals surface area contributed by atoms with Crippen LogP contribution in [0.15, 0.2) is 28.0 Å². The van der Waals surface area contributed by atoms with Crippen molar-refractivity contribution in [1.82, 2.24) is 20.5 Å². The van der Waals surface area contributed by atoms with Crippen molar-refractivity contribution >= 4 is 11.9 Å². The monoisotopic (exact) mass is 349 g/mol. The molecule has 0 aromatic carbocycles. The number of pyridine rings is 1. The molecule has 1 heterocycles. The molecule has 1 rings (SSSR count). The number of unbranched alkanes of at least 4 members (excludes halogenated alkanes) is 1. The topological polar surface area (TPSA) is 87.5 Å². The highest BCUT2D eigenvalue weighted by atomic mass is 16.2. The van der Waals surface area contributed by atoms with Gasteiger partial charge in [0.05, 0.1) is 6.54 Å². The predicted octanol–water partition coefficient (Wildman–Crippen LogP) is 1.02. The molecule has 0 saturated heterocycles. The smallest absolute Gasteiger partial charge is 0.250 e. The summed E-state index contributed by atoms with van der Waals surface area (Å²) in [6.45, 7) is 9.37. The normalized spacial score (nSPS) is 12.0. The zero-order valence-corrected chi connectivity index (χ0v) is 16.0. The van der Waals surface area contributed by atoms with Gasteiger partial charge in [0.2, 0.25) is 5.91 Å². The molecule has 0 aliphatic carbocycles. The zero-order valence-electron chi connectivity index (χ0n) is 16.0. The molecular formula is C18H31N5O2. The Balaban J connectivity index is 2.27. The van der Waals surface area contributed by atoms with Gasteiger partial charge in [0.15, 0.2) is 5.96 Å². The van der Waals surface area contributed by atoms with Crippen LogP contribution in [0.5, 0.6) is 0 Å². The zero-order chi connectivity index (χ0) is 18.9. The van der Waals surface area contributed by atoms with E-state index in [-0.39, 0.29) is 23.6 Å². The lowest BCUT2D eigenvalue weighted by molar-refractivity contribution is -0.121. The van der Waals surface area contributed by atoms with E-state index in [2.05, 4.69) is 20.9 Å². The molecule has 0 spiro atoms. The fourth-order valence-corrected chi connectivity index (χ4v) is 2.36. The fraction of sp³-hybridized carbons (Fsp3) is 0.611. The second kappa shape index (κ2) is 9.86. The van der Waals surface area contributed by atoms with Gasteiger partial charge in [0, 0.05) is 37.4 Å². The van der Waals surface area contributed by atoms with E-state index in [0.717, 1.165) is 25.1 Å². The second-order valence-corrected chi connectivity index (χ2v) is 7.01. The average Bonchev–Trinajstić information content (AvgIpc) is 2.50. The van der Waals surface area contributed by atoms with E-state index in [4.69, 9.17) is 0 Å². The van der Waals surface area contributed by atoms with Crippen molar-refractivity contribution < 1.29 is 4.79 Å². The Labute approximate surface area is 149 Å². The van der Waals surface area contributed by atoms with Crippen molar-refractivity contribution in [3.63, 3.8) is 0 Å². The van der Waals surface area contributed by atoms with E-state index in [1.807, 2.05) is 33.8 Å². The molecule has 0 bridgehead atoms. The number of aliphatic imine (C=N–C) groups is 1. The minimum absolute atomic E-state index is 0.0373. The molecule has 7 nitrogen and oxygen atoms in total. The first-order valence-electron chi connectivity index (χ1n) is 8.65. The first-order chi connectivity index (χ1) is 11.7. The molecule has 1 aromatic heterocycles. The summed E-state index contributed by atoms with van der Waals surface area (Å²) in [5, 5.41) is 9.05. The van der Waals surface area contributed by atoms with E-state index in [1.165, 1.54) is 0 Å². The van der Waals surface area contributed by atoms with E-state index < -0.39 is 0 Å². The Morgan fingerprint density at radius 2 is 1.92 bits per heavy atom. The van der Waals surface area contributed by atoms with Crippen LogP contribution in [0.3, 0.4) is 0 Å². The Hall–Kier alpha value is -2.31. The van der Waals surface area contributed by atoms with E-state index >= 15 is 0 Å². The van der Waals surface area contributed by atoms with Crippen LogP contribution in [0.25, 0.3) is 0 Å². The maximum atomic E-state index is 11.8. The van der Waals surface area contributed by atoms with E-state index in [1.54, 1.807) is 23.7 Å². The van der Waals surface area contributed by atoms with Gasteiger partial charge in [0.1, 0.15) is 0 Å². The summed E-state index contributed by atoms with van der Waals surface area (Å²) in [5.74, 6) is 0.520. The molecule has 0 aliphatic heterocycles. The molecular weight excluding hydrogens is 318 g/mol. The van der Waals surface area contributed by atoms with Crippen molar-refractivity contribution in [1.29, 1.82) is 0 Å². The van der Waals surface area contributed by atoms with E-state index in [0.29, 0.717) is 12.5 Å². The number of nitrogens with one attached hydrogen (secondary N) is 3. The maximum absolute atomic E-state index is 11.8. The fourth-order valence-electron chi connectivity index (χ4n) is 2.36. The van der Waals surface area contributed by atoms with Crippen LogP contribution in [0, 0.1) is 6.92 Å². The van der Waals surface area contributed by atoms with Crippen LogP contribution in [0.4, 0.5) is 0 Å². The van der Waals surface area contributed by atoms with Gasteiger partial charge in [-0.25, -0.2) is 0 Å². The summed E-state index contributed by atoms with van der Waals surface area (Å²) in [6, 6.07) is 5.30. The molecule has 1 amide bonds. The van der Waals surface area contributed by atoms with Gasteiger partial charge >= 0.3 is 0 Å². The number of aryl methyl sites for hydroxylation is 1. The summed E-state index contributed by atoms with van der Waals surface area (Å²) in [4.78, 5) is 27.7. The quantitative estimate of drug-likeness (QED) is 0.390. The van der Waals surface area contributed by atoms with Gasteiger partial charge < -0.3 is 20.5 Å². The number of aromatic nitrogens is 1. The number of guanidine groups is 1. The number of hydrogen-bond acceptors (Lipinski definition) is 3. The maximum Gasteiger partial charge on any atom is 0.250 e. The van der Waals surface area contributed by atoms with Crippen molar-refractivity contribution in [2.24, 2.45) is 4.99 Å². The lowest BCUT2D eigenvalue weighted by Gasteiger charge is -2.21. The molecule has 0 unspecified atom stereocenters. The highest BCUT2D eigenvalue weighted by Crippen LogP contribution is 1.98.